The number of ether oxygens (including phenoxy) is 1. The summed E-state index contributed by atoms with van der Waals surface area (Å²) in [5.41, 5.74) is -0.427. The number of carbonyl (C=O) groups is 1. The largest absolute Gasteiger partial charge is 0.444 e. The van der Waals surface area contributed by atoms with Crippen LogP contribution in [-0.4, -0.2) is 41.8 Å². The molecule has 2 unspecified atom stereocenters. The van der Waals surface area contributed by atoms with Crippen LogP contribution in [-0.2, 0) is 4.74 Å². The first-order chi connectivity index (χ1) is 9.74. The van der Waals surface area contributed by atoms with Crippen LogP contribution in [0, 0.1) is 11.8 Å². The summed E-state index contributed by atoms with van der Waals surface area (Å²) in [6.45, 7) is 12.5. The number of carbonyl (C=O) groups excluding carboxylic acids is 1. The van der Waals surface area contributed by atoms with E-state index in [0.717, 1.165) is 19.0 Å². The van der Waals surface area contributed by atoms with Crippen molar-refractivity contribution in [3.05, 3.63) is 0 Å². The van der Waals surface area contributed by atoms with Crippen LogP contribution in [0.2, 0.25) is 0 Å². The van der Waals surface area contributed by atoms with Crippen LogP contribution in [0.5, 0.6) is 0 Å². The number of nitrogens with one attached hydrogen (secondary N) is 1. The fourth-order valence-electron chi connectivity index (χ4n) is 3.29. The monoisotopic (exact) mass is 296 g/mol. The second-order valence-corrected chi connectivity index (χ2v) is 8.12. The first-order valence-electron chi connectivity index (χ1n) is 8.48. The topological polar surface area (TPSA) is 41.6 Å². The zero-order chi connectivity index (χ0) is 15.6. The summed E-state index contributed by atoms with van der Waals surface area (Å²) < 4.78 is 5.40. The van der Waals surface area contributed by atoms with Crippen molar-refractivity contribution in [3.8, 4) is 0 Å². The molecule has 2 atom stereocenters. The van der Waals surface area contributed by atoms with Crippen LogP contribution in [0.4, 0.5) is 4.79 Å². The van der Waals surface area contributed by atoms with E-state index in [-0.39, 0.29) is 12.1 Å². The summed E-state index contributed by atoms with van der Waals surface area (Å²) in [5.74, 6) is 1.33. The van der Waals surface area contributed by atoms with E-state index in [4.69, 9.17) is 4.74 Å². The molecule has 0 aromatic carbocycles. The van der Waals surface area contributed by atoms with Crippen LogP contribution in [0.3, 0.4) is 0 Å². The molecule has 1 saturated heterocycles. The smallest absolute Gasteiger partial charge is 0.407 e. The Morgan fingerprint density at radius 3 is 2.38 bits per heavy atom. The van der Waals surface area contributed by atoms with Gasteiger partial charge in [-0.2, -0.15) is 0 Å². The summed E-state index contributed by atoms with van der Waals surface area (Å²) in [4.78, 5) is 14.6. The molecule has 122 valence electrons. The van der Waals surface area contributed by atoms with E-state index in [0.29, 0.717) is 11.8 Å². The zero-order valence-corrected chi connectivity index (χ0v) is 14.3. The minimum absolute atomic E-state index is 0.224. The molecule has 4 heteroatoms. The van der Waals surface area contributed by atoms with E-state index < -0.39 is 5.60 Å². The molecule has 0 aromatic rings. The third kappa shape index (κ3) is 4.87. The molecule has 4 nitrogen and oxygen atoms in total. The Morgan fingerprint density at radius 1 is 1.24 bits per heavy atom. The Labute approximate surface area is 129 Å². The molecule has 1 aliphatic heterocycles. The highest BCUT2D eigenvalue weighted by atomic mass is 16.6. The van der Waals surface area contributed by atoms with Gasteiger partial charge in [-0.05, 0) is 51.9 Å². The zero-order valence-electron chi connectivity index (χ0n) is 14.3. The first-order valence-corrected chi connectivity index (χ1v) is 8.48. The lowest BCUT2D eigenvalue weighted by atomic mass is 9.82. The van der Waals surface area contributed by atoms with Gasteiger partial charge in [0.2, 0.25) is 0 Å². The number of hydrogen-bond donors (Lipinski definition) is 1. The molecule has 2 rings (SSSR count). The molecule has 2 aliphatic rings. The lowest BCUT2D eigenvalue weighted by molar-refractivity contribution is 0.0275. The molecule has 1 amide bonds. The number of piperidine rings is 1. The molecule has 0 aromatic heterocycles. The maximum Gasteiger partial charge on any atom is 0.407 e. The van der Waals surface area contributed by atoms with Gasteiger partial charge in [-0.1, -0.05) is 20.3 Å². The van der Waals surface area contributed by atoms with Gasteiger partial charge in [-0.25, -0.2) is 4.79 Å². The second kappa shape index (κ2) is 6.55. The van der Waals surface area contributed by atoms with Crippen molar-refractivity contribution in [1.29, 1.82) is 0 Å². The molecule has 0 spiro atoms. The van der Waals surface area contributed by atoms with E-state index in [9.17, 15) is 4.79 Å². The van der Waals surface area contributed by atoms with Gasteiger partial charge in [0.05, 0.1) is 0 Å². The van der Waals surface area contributed by atoms with Crippen molar-refractivity contribution in [2.24, 2.45) is 11.8 Å². The molecule has 1 N–H and O–H groups in total. The maximum absolute atomic E-state index is 12.0. The predicted octanol–water partition coefficient (Wildman–Crippen LogP) is 3.41. The van der Waals surface area contributed by atoms with E-state index in [1.54, 1.807) is 0 Å². The highest BCUT2D eigenvalue weighted by molar-refractivity contribution is 5.68. The van der Waals surface area contributed by atoms with Crippen molar-refractivity contribution >= 4 is 6.09 Å². The van der Waals surface area contributed by atoms with Gasteiger partial charge in [-0.3, -0.25) is 4.90 Å². The van der Waals surface area contributed by atoms with Crippen LogP contribution < -0.4 is 5.32 Å². The van der Waals surface area contributed by atoms with Crippen molar-refractivity contribution in [2.75, 3.05) is 13.1 Å². The quantitative estimate of drug-likeness (QED) is 0.867. The highest BCUT2D eigenvalue weighted by Gasteiger charge is 2.35. The first kappa shape index (κ1) is 16.6. The normalized spacial score (nSPS) is 28.3. The second-order valence-electron chi connectivity index (χ2n) is 8.12. The fourth-order valence-corrected chi connectivity index (χ4v) is 3.29. The maximum atomic E-state index is 12.0. The average Bonchev–Trinajstić information content (AvgIpc) is 2.22. The summed E-state index contributed by atoms with van der Waals surface area (Å²) in [6.07, 6.45) is 4.80. The molecule has 2 fully saturated rings. The Hall–Kier alpha value is -0.770. The van der Waals surface area contributed by atoms with Crippen LogP contribution in [0.1, 0.15) is 60.3 Å². The Bertz CT molecular complexity index is 358. The Kier molecular flexibility index (Phi) is 5.18. The number of nitrogens with zero attached hydrogens (tertiary/aromatic N) is 1. The molecular weight excluding hydrogens is 264 g/mol. The van der Waals surface area contributed by atoms with Crippen molar-refractivity contribution in [2.45, 2.75) is 78.0 Å². The van der Waals surface area contributed by atoms with Crippen LogP contribution >= 0.6 is 0 Å². The number of alkyl carbamates (subject to hydrolysis) is 1. The van der Waals surface area contributed by atoms with E-state index in [1.165, 1.54) is 25.8 Å². The Morgan fingerprint density at radius 2 is 1.90 bits per heavy atom. The van der Waals surface area contributed by atoms with Gasteiger partial charge in [0.15, 0.2) is 0 Å². The number of hydrogen-bond acceptors (Lipinski definition) is 3. The molecule has 1 saturated carbocycles. The van der Waals surface area contributed by atoms with Crippen LogP contribution in [0.15, 0.2) is 0 Å². The van der Waals surface area contributed by atoms with Crippen molar-refractivity contribution in [1.82, 2.24) is 10.2 Å². The van der Waals surface area contributed by atoms with Crippen molar-refractivity contribution < 1.29 is 9.53 Å². The fraction of sp³-hybridized carbons (Fsp3) is 0.941. The van der Waals surface area contributed by atoms with Gasteiger partial charge in [-0.15, -0.1) is 0 Å². The number of rotatable bonds is 3. The van der Waals surface area contributed by atoms with Gasteiger partial charge in [0.1, 0.15) is 5.60 Å². The third-order valence-corrected chi connectivity index (χ3v) is 4.77. The average molecular weight is 296 g/mol. The predicted molar refractivity (Wildman–Crippen MR) is 85.3 cm³/mol. The van der Waals surface area contributed by atoms with Gasteiger partial charge >= 0.3 is 6.09 Å². The van der Waals surface area contributed by atoms with Gasteiger partial charge in [0, 0.05) is 25.2 Å². The number of amides is 1. The number of likely N-dealkylation sites (tertiary alicyclic amines) is 1. The molecule has 21 heavy (non-hydrogen) atoms. The highest BCUT2D eigenvalue weighted by Crippen LogP contribution is 2.31. The summed E-state index contributed by atoms with van der Waals surface area (Å²) in [5, 5.41) is 3.09. The molecule has 1 heterocycles. The van der Waals surface area contributed by atoms with E-state index in [2.05, 4.69) is 24.1 Å². The van der Waals surface area contributed by atoms with Crippen molar-refractivity contribution in [3.63, 3.8) is 0 Å². The Balaban J connectivity index is 1.92. The lowest BCUT2D eigenvalue weighted by Crippen LogP contribution is -2.56. The minimum atomic E-state index is -0.427. The van der Waals surface area contributed by atoms with Gasteiger partial charge in [0.25, 0.3) is 0 Å². The third-order valence-electron chi connectivity index (χ3n) is 4.77. The van der Waals surface area contributed by atoms with Crippen LogP contribution in [0.25, 0.3) is 0 Å². The van der Waals surface area contributed by atoms with E-state index >= 15 is 0 Å². The standard InChI is InChI=1S/C17H32N2O2/c1-12(2)13-9-14(18-16(20)21-17(3,4)5)11-19(10-13)15-7-6-8-15/h12-15H,6-11H2,1-5H3,(H,18,20). The summed E-state index contributed by atoms with van der Waals surface area (Å²) >= 11 is 0. The summed E-state index contributed by atoms with van der Waals surface area (Å²) in [6, 6.07) is 0.969. The van der Waals surface area contributed by atoms with Gasteiger partial charge < -0.3 is 10.1 Å². The summed E-state index contributed by atoms with van der Waals surface area (Å²) in [7, 11) is 0. The van der Waals surface area contributed by atoms with E-state index in [1.807, 2.05) is 20.8 Å². The molecule has 0 radical (unpaired) electrons. The SMILES string of the molecule is CC(C)C1CC(NC(=O)OC(C)(C)C)CN(C2CCC2)C1. The molecule has 1 aliphatic carbocycles. The lowest BCUT2D eigenvalue weighted by Gasteiger charge is -2.46. The molecule has 0 bridgehead atoms. The minimum Gasteiger partial charge on any atom is -0.444 e. The molecular formula is C17H32N2O2.